The summed E-state index contributed by atoms with van der Waals surface area (Å²) in [6, 6.07) is 60.3. The highest BCUT2D eigenvalue weighted by Gasteiger charge is 2.20. The summed E-state index contributed by atoms with van der Waals surface area (Å²) in [5.41, 5.74) is 14.7. The quantitative estimate of drug-likeness (QED) is 0.0349. The molecule has 0 amide bonds. The Morgan fingerprint density at radius 2 is 0.645 bits per heavy atom. The average Bonchev–Trinajstić information content (AvgIpc) is 1.62. The fourth-order valence-corrected chi connectivity index (χ4v) is 14.7. The van der Waals surface area contributed by atoms with Crippen LogP contribution in [0.3, 0.4) is 0 Å². The largest absolute Gasteiger partial charge is 0.619 e. The zero-order valence-electron chi connectivity index (χ0n) is 64.4. The number of halogens is 7. The molecule has 0 aliphatic carbocycles. The van der Waals surface area contributed by atoms with Gasteiger partial charge in [0, 0.05) is 149 Å². The van der Waals surface area contributed by atoms with Gasteiger partial charge in [-0.2, -0.15) is 67.0 Å². The van der Waals surface area contributed by atoms with Crippen LogP contribution in [0.1, 0.15) is 27.8 Å². The van der Waals surface area contributed by atoms with E-state index in [1.165, 1.54) is 43.4 Å². The predicted octanol–water partition coefficient (Wildman–Crippen LogP) is 18.3. The van der Waals surface area contributed by atoms with Crippen LogP contribution in [0, 0.1) is 20.8 Å². The molecule has 0 aliphatic rings. The summed E-state index contributed by atoms with van der Waals surface area (Å²) >= 11 is 29.7. The molecule has 0 saturated heterocycles. The van der Waals surface area contributed by atoms with E-state index < -0.39 is 0 Å². The van der Waals surface area contributed by atoms with Gasteiger partial charge < -0.3 is 56.2 Å². The Balaban J connectivity index is 0.000000115. The molecule has 31 nitrogen and oxygen atoms in total. The van der Waals surface area contributed by atoms with Crippen LogP contribution in [0.25, 0.3) is 84.9 Å². The number of aromatic nitrogens is 20. The molecule has 0 spiro atoms. The van der Waals surface area contributed by atoms with Crippen LogP contribution < -0.4 is 45.5 Å². The normalized spacial score (nSPS) is 11.0. The van der Waals surface area contributed by atoms with Crippen LogP contribution in [0.15, 0.2) is 331 Å². The van der Waals surface area contributed by atoms with E-state index in [0.717, 1.165) is 149 Å². The number of benzene rings is 3. The Labute approximate surface area is 756 Å². The van der Waals surface area contributed by atoms with E-state index >= 15 is 0 Å². The van der Waals surface area contributed by atoms with Gasteiger partial charge in [-0.15, -0.1) is 0 Å². The summed E-state index contributed by atoms with van der Waals surface area (Å²) < 4.78 is 26.7. The third-order valence-corrected chi connectivity index (χ3v) is 21.9. The summed E-state index contributed by atoms with van der Waals surface area (Å²) in [7, 11) is 0. The van der Waals surface area contributed by atoms with Gasteiger partial charge in [-0.25, -0.2) is 24.9 Å². The van der Waals surface area contributed by atoms with Crippen molar-refractivity contribution in [1.82, 2.24) is 78.0 Å². The number of nitrogens with one attached hydrogen (secondary N) is 5. The third-order valence-electron chi connectivity index (χ3n) is 18.5. The maximum atomic E-state index is 11.4. The summed E-state index contributed by atoms with van der Waals surface area (Å²) in [6.07, 6.45) is 27.3. The van der Waals surface area contributed by atoms with Crippen molar-refractivity contribution in [1.29, 1.82) is 0 Å². The van der Waals surface area contributed by atoms with Crippen molar-refractivity contribution in [3.05, 3.63) is 381 Å². The Morgan fingerprint density at radius 1 is 0.323 bits per heavy atom. The second-order valence-corrected chi connectivity index (χ2v) is 32.1. The second kappa shape index (κ2) is 39.0. The molecule has 618 valence electrons. The van der Waals surface area contributed by atoms with Crippen molar-refractivity contribution in [2.24, 2.45) is 0 Å². The van der Waals surface area contributed by atoms with E-state index in [2.05, 4.69) is 157 Å². The van der Waals surface area contributed by atoms with Gasteiger partial charge >= 0.3 is 0 Å². The Kier molecular flexibility index (Phi) is 26.4. The van der Waals surface area contributed by atoms with Gasteiger partial charge in [-0.05, 0) is 158 Å². The highest BCUT2D eigenvalue weighted by atomic mass is 79.9. The van der Waals surface area contributed by atoms with Crippen molar-refractivity contribution in [2.75, 3.05) is 26.6 Å². The summed E-state index contributed by atoms with van der Waals surface area (Å²) in [6.45, 7) is 2.59. The number of furan rings is 2. The fraction of sp³-hybridized carbons (Fsp3) is 0.0581. The number of fused-ring (bicyclic) bond motifs is 5. The fourth-order valence-electron chi connectivity index (χ4n) is 12.6. The predicted molar refractivity (Wildman–Crippen MR) is 488 cm³/mol. The first-order valence-electron chi connectivity index (χ1n) is 37.6. The molecule has 5 N–H and O–H groups in total. The van der Waals surface area contributed by atoms with Crippen molar-refractivity contribution in [2.45, 2.75) is 32.7 Å². The minimum atomic E-state index is 0.474. The van der Waals surface area contributed by atoms with Crippen LogP contribution in [0.4, 0.5) is 29.1 Å². The van der Waals surface area contributed by atoms with Crippen LogP contribution in [-0.2, 0) is 32.7 Å². The van der Waals surface area contributed by atoms with Crippen LogP contribution >= 0.6 is 103 Å². The maximum Gasteiger partial charge on any atom is 0.185 e. The molecule has 17 aromatic heterocycles. The first kappa shape index (κ1) is 83.9. The number of hydrogen-bond donors (Lipinski definition) is 5. The lowest BCUT2D eigenvalue weighted by Gasteiger charge is -2.11. The van der Waals surface area contributed by atoms with Gasteiger partial charge in [0.25, 0.3) is 0 Å². The van der Waals surface area contributed by atoms with Gasteiger partial charge in [-0.3, -0.25) is 4.98 Å². The van der Waals surface area contributed by atoms with Gasteiger partial charge in [-0.1, -0.05) is 89.9 Å². The third kappa shape index (κ3) is 20.4. The van der Waals surface area contributed by atoms with E-state index in [1.807, 2.05) is 176 Å². The second-order valence-electron chi connectivity index (χ2n) is 27.0. The SMILES string of the molecule is Brc1cnn2c(NCc3cccnc3)cc(-c3ccco3)nc12.[O-][n+]1cccc(CNc2cc(-c3ccc(Cl)cc3)nc3c(Br)cnn23)c1.[O-][n+]1cccc(CNc2cc(-c3ccccc3)nc3c(Br)cnn23)c1.[O-][n+]1cccc(CNc2cc(-c3ccccc3Cl)nc3c(Br)cnn23)c1.[O-][n+]1cccc(CNc2cc(-c3ccco3)nc3c(Br)cnn23)c1. The molecular formula is C86H64Br5Cl2N25O6. The first-order chi connectivity index (χ1) is 60.4. The van der Waals surface area contributed by atoms with E-state index in [1.54, 1.807) is 103 Å². The van der Waals surface area contributed by atoms with E-state index in [-0.39, 0.29) is 0 Å². The minimum Gasteiger partial charge on any atom is -0.619 e. The monoisotopic (exact) mass is 2010 g/mol. The van der Waals surface area contributed by atoms with Crippen molar-refractivity contribution >= 4 is 160 Å². The van der Waals surface area contributed by atoms with Gasteiger partial charge in [0.2, 0.25) is 0 Å². The molecule has 0 unspecified atom stereocenters. The van der Waals surface area contributed by atoms with Crippen molar-refractivity contribution in [3.63, 3.8) is 0 Å². The summed E-state index contributed by atoms with van der Waals surface area (Å²) in [5.74, 6) is 5.28. The van der Waals surface area contributed by atoms with Crippen LogP contribution in [0.5, 0.6) is 0 Å². The average molecular weight is 2010 g/mol. The zero-order chi connectivity index (χ0) is 85.6. The molecule has 0 saturated carbocycles. The van der Waals surface area contributed by atoms with E-state index in [0.29, 0.717) is 76.9 Å². The van der Waals surface area contributed by atoms with E-state index in [9.17, 15) is 20.8 Å². The Morgan fingerprint density at radius 3 is 0.992 bits per heavy atom. The highest BCUT2D eigenvalue weighted by Crippen LogP contribution is 2.34. The van der Waals surface area contributed by atoms with Crippen LogP contribution in [-0.4, -0.2) is 78.0 Å². The standard InChI is InChI=1S/2C18H13BrClN5O.C18H14BrN5O.C16H12BrN5O2.C16H12BrN5O/c19-15-10-22-25-17(21-9-12-2-1-7-24(26)11-12)8-16(23-18(15)25)13-3-5-14(20)6-4-13;19-14-10-22-25-17(21-9-12-4-3-7-24(26)11-12)8-16(23-18(14)25)13-5-1-2-6-15(13)20;19-15-11-21-24-17(20-10-13-5-4-8-23(25)12-13)9-16(22-18(15)24)14-6-2-1-3-7-14;17-12-9-19-22-15(18-8-11-3-1-5-21(23)10-11)7-13(20-16(12)22)14-4-2-6-24-14;17-12-10-20-22-15(19-9-11-3-1-5-18-8-11)7-13(21-16(12)22)14-4-2-6-23-14/h2*1-8,10-11,21H,9H2;1-9,11-12,20H,10H2;1-7,9-10,18H,8H2;1-8,10,19H,9H2. The molecule has 17 heterocycles. The van der Waals surface area contributed by atoms with Crippen molar-refractivity contribution in [3.8, 4) is 56.7 Å². The molecule has 0 atom stereocenters. The first-order valence-corrected chi connectivity index (χ1v) is 42.3. The maximum absolute atomic E-state index is 11.4. The molecule has 124 heavy (non-hydrogen) atoms. The molecule has 0 radical (unpaired) electrons. The molecule has 0 aliphatic heterocycles. The number of anilines is 5. The lowest BCUT2D eigenvalue weighted by atomic mass is 10.1. The molecule has 38 heteroatoms. The van der Waals surface area contributed by atoms with E-state index in [4.69, 9.17) is 37.0 Å². The van der Waals surface area contributed by atoms with Gasteiger partial charge in [0.15, 0.2) is 89.3 Å². The minimum absolute atomic E-state index is 0.474. The number of pyridine rings is 5. The Hall–Kier alpha value is -13.8. The number of nitrogens with zero attached hydrogens (tertiary/aromatic N) is 20. The smallest absolute Gasteiger partial charge is 0.185 e. The molecular weight excluding hydrogens is 1950 g/mol. The van der Waals surface area contributed by atoms with Crippen molar-refractivity contribution < 1.29 is 27.8 Å². The van der Waals surface area contributed by atoms with Gasteiger partial charge in [0.05, 0.1) is 83.0 Å². The van der Waals surface area contributed by atoms with Crippen LogP contribution in [0.2, 0.25) is 10.0 Å². The van der Waals surface area contributed by atoms with Gasteiger partial charge in [0.1, 0.15) is 40.5 Å². The molecule has 0 bridgehead atoms. The lowest BCUT2D eigenvalue weighted by molar-refractivity contribution is -0.606. The number of rotatable bonds is 20. The number of hydrogen-bond acceptors (Lipinski definition) is 22. The highest BCUT2D eigenvalue weighted by molar-refractivity contribution is 9.11. The summed E-state index contributed by atoms with van der Waals surface area (Å²) in [5, 5.41) is 85.3. The molecule has 3 aromatic carbocycles. The summed E-state index contributed by atoms with van der Waals surface area (Å²) in [4.78, 5) is 27.3. The topological polar surface area (TPSA) is 358 Å². The molecule has 20 rings (SSSR count). The Bertz CT molecular complexity index is 7100. The molecule has 20 aromatic rings. The molecule has 0 fully saturated rings. The zero-order valence-corrected chi connectivity index (χ0v) is 73.8. The lowest BCUT2D eigenvalue weighted by Crippen LogP contribution is -2.25.